The third kappa shape index (κ3) is 4.22. The molecule has 1 unspecified atom stereocenters. The summed E-state index contributed by atoms with van der Waals surface area (Å²) in [6.07, 6.45) is 0. The molecule has 0 saturated carbocycles. The number of carbonyl (C=O) groups is 2. The Morgan fingerprint density at radius 3 is 2.48 bits per heavy atom. The molecule has 2 aromatic heterocycles. The highest BCUT2D eigenvalue weighted by molar-refractivity contribution is 7.17. The Bertz CT molecular complexity index is 1810. The summed E-state index contributed by atoms with van der Waals surface area (Å²) < 4.78 is 13.9. The number of hydrogen-bond donors (Lipinski definition) is 2. The fourth-order valence-electron chi connectivity index (χ4n) is 4.84. The van der Waals surface area contributed by atoms with Gasteiger partial charge in [0, 0.05) is 25.3 Å². The smallest absolute Gasteiger partial charge is 0.296 e. The van der Waals surface area contributed by atoms with Crippen LogP contribution in [0.1, 0.15) is 27.0 Å². The summed E-state index contributed by atoms with van der Waals surface area (Å²) >= 11 is 1.21. The molecule has 0 spiro atoms. The van der Waals surface area contributed by atoms with Crippen molar-refractivity contribution in [1.82, 2.24) is 15.0 Å². The number of rotatable bonds is 6. The number of ketones is 1. The number of H-pyrrole nitrogens is 1. The molecule has 0 saturated heterocycles. The van der Waals surface area contributed by atoms with Gasteiger partial charge in [-0.2, -0.15) is 0 Å². The van der Waals surface area contributed by atoms with Gasteiger partial charge in [-0.05, 0) is 42.8 Å². The standard InChI is InChI=1S/C30H24FN5O3S/c1-16-27(40-28(32-16)18-7-5-4-6-8-18)25(37)23-24(17-9-12-20(13-10-17)35(2)3)36(29(39)26(23)38)30-33-21-14-11-19(31)15-22(21)34-30/h4-15,24,38H,1-3H3,(H,33,34). The Kier molecular flexibility index (Phi) is 6.19. The normalized spacial score (nSPS) is 15.3. The molecule has 8 nitrogen and oxygen atoms in total. The van der Waals surface area contributed by atoms with Crippen molar-refractivity contribution >= 4 is 45.7 Å². The lowest BCUT2D eigenvalue weighted by molar-refractivity contribution is -0.117. The van der Waals surface area contributed by atoms with Gasteiger partial charge < -0.3 is 15.0 Å². The molecular formula is C30H24FN5O3S. The van der Waals surface area contributed by atoms with E-state index in [-0.39, 0.29) is 11.5 Å². The third-order valence-corrected chi connectivity index (χ3v) is 8.07. The van der Waals surface area contributed by atoms with Crippen LogP contribution in [-0.2, 0) is 4.79 Å². The minimum Gasteiger partial charge on any atom is -0.503 e. The van der Waals surface area contributed by atoms with Gasteiger partial charge in [0.25, 0.3) is 5.91 Å². The molecule has 6 rings (SSSR count). The number of Topliss-reactive ketones (excluding diaryl/α,β-unsaturated/α-hetero) is 1. The summed E-state index contributed by atoms with van der Waals surface area (Å²) in [5.41, 5.74) is 3.64. The van der Waals surface area contributed by atoms with Gasteiger partial charge in [0.2, 0.25) is 11.7 Å². The molecule has 1 aliphatic rings. The predicted molar refractivity (Wildman–Crippen MR) is 153 cm³/mol. The summed E-state index contributed by atoms with van der Waals surface area (Å²) in [7, 11) is 3.82. The highest BCUT2D eigenvalue weighted by atomic mass is 32.1. The van der Waals surface area contributed by atoms with Crippen LogP contribution in [0.15, 0.2) is 84.1 Å². The number of hydrogen-bond acceptors (Lipinski definition) is 7. The maximum Gasteiger partial charge on any atom is 0.296 e. The number of aliphatic hydroxyl groups excluding tert-OH is 1. The fraction of sp³-hybridized carbons (Fsp3) is 0.133. The summed E-state index contributed by atoms with van der Waals surface area (Å²) in [6, 6.07) is 19.9. The first-order valence-electron chi connectivity index (χ1n) is 12.5. The number of amides is 1. The summed E-state index contributed by atoms with van der Waals surface area (Å²) in [4.78, 5) is 43.3. The van der Waals surface area contributed by atoms with Crippen molar-refractivity contribution in [3.05, 3.63) is 106 Å². The van der Waals surface area contributed by atoms with Gasteiger partial charge in [0.15, 0.2) is 5.76 Å². The number of aliphatic hydroxyl groups is 1. The highest BCUT2D eigenvalue weighted by Gasteiger charge is 2.46. The van der Waals surface area contributed by atoms with Crippen LogP contribution < -0.4 is 9.80 Å². The van der Waals surface area contributed by atoms with Crippen LogP contribution in [0, 0.1) is 12.7 Å². The lowest BCUT2D eigenvalue weighted by Crippen LogP contribution is -2.32. The van der Waals surface area contributed by atoms with Gasteiger partial charge in [0.1, 0.15) is 10.8 Å². The van der Waals surface area contributed by atoms with Gasteiger partial charge in [-0.25, -0.2) is 14.4 Å². The Labute approximate surface area is 233 Å². The van der Waals surface area contributed by atoms with E-state index in [4.69, 9.17) is 0 Å². The number of thiazole rings is 1. The maximum absolute atomic E-state index is 14.1. The van der Waals surface area contributed by atoms with E-state index in [1.54, 1.807) is 6.92 Å². The molecular weight excluding hydrogens is 529 g/mol. The molecule has 0 aliphatic carbocycles. The number of carbonyl (C=O) groups excluding carboxylic acids is 2. The SMILES string of the molecule is Cc1nc(-c2ccccc2)sc1C(=O)C1=C(O)C(=O)N(c2nc3ccc(F)cc3[nH]2)C1c1ccc(N(C)C)cc1. The molecule has 2 N–H and O–H groups in total. The van der Waals surface area contributed by atoms with Crippen molar-refractivity contribution in [3.63, 3.8) is 0 Å². The zero-order chi connectivity index (χ0) is 28.1. The molecule has 5 aromatic rings. The molecule has 0 bridgehead atoms. The van der Waals surface area contributed by atoms with Crippen LogP contribution >= 0.6 is 11.3 Å². The molecule has 10 heteroatoms. The Morgan fingerprint density at radius 2 is 1.77 bits per heavy atom. The second kappa shape index (κ2) is 9.73. The first-order chi connectivity index (χ1) is 19.2. The van der Waals surface area contributed by atoms with Crippen molar-refractivity contribution in [2.24, 2.45) is 0 Å². The number of aryl methyl sites for hydroxylation is 1. The number of halogens is 1. The number of imidazole rings is 1. The molecule has 1 amide bonds. The Balaban J connectivity index is 1.48. The quantitative estimate of drug-likeness (QED) is 0.251. The average molecular weight is 554 g/mol. The van der Waals surface area contributed by atoms with Gasteiger partial charge in [-0.1, -0.05) is 42.5 Å². The average Bonchev–Trinajstić information content (AvgIpc) is 3.62. The van der Waals surface area contributed by atoms with E-state index in [2.05, 4.69) is 15.0 Å². The van der Waals surface area contributed by atoms with E-state index in [0.29, 0.717) is 32.2 Å². The Hall–Kier alpha value is -4.83. The van der Waals surface area contributed by atoms with Crippen LogP contribution in [-0.4, -0.2) is 45.8 Å². The summed E-state index contributed by atoms with van der Waals surface area (Å²) in [5, 5.41) is 11.8. The minimum absolute atomic E-state index is 0.0689. The van der Waals surface area contributed by atoms with Gasteiger partial charge in [-0.15, -0.1) is 11.3 Å². The van der Waals surface area contributed by atoms with Crippen molar-refractivity contribution in [3.8, 4) is 10.6 Å². The number of anilines is 2. The van der Waals surface area contributed by atoms with Crippen molar-refractivity contribution in [1.29, 1.82) is 0 Å². The number of fused-ring (bicyclic) bond motifs is 1. The first kappa shape index (κ1) is 25.4. The first-order valence-corrected chi connectivity index (χ1v) is 13.3. The fourth-order valence-corrected chi connectivity index (χ4v) is 5.87. The van der Waals surface area contributed by atoms with E-state index in [9.17, 15) is 19.1 Å². The summed E-state index contributed by atoms with van der Waals surface area (Å²) in [5.74, 6) is -2.30. The maximum atomic E-state index is 14.1. The van der Waals surface area contributed by atoms with E-state index in [0.717, 1.165) is 11.3 Å². The lowest BCUT2D eigenvalue weighted by atomic mass is 9.95. The van der Waals surface area contributed by atoms with E-state index in [1.165, 1.54) is 34.4 Å². The number of aromatic amines is 1. The van der Waals surface area contributed by atoms with Crippen molar-refractivity contribution in [2.45, 2.75) is 13.0 Å². The lowest BCUT2D eigenvalue weighted by Gasteiger charge is -2.25. The van der Waals surface area contributed by atoms with Crippen LogP contribution in [0.5, 0.6) is 0 Å². The van der Waals surface area contributed by atoms with E-state index < -0.39 is 29.3 Å². The minimum atomic E-state index is -0.983. The molecule has 1 atom stereocenters. The Morgan fingerprint density at radius 1 is 1.05 bits per heavy atom. The monoisotopic (exact) mass is 553 g/mol. The molecule has 0 radical (unpaired) electrons. The van der Waals surface area contributed by atoms with E-state index in [1.807, 2.05) is 73.6 Å². The van der Waals surface area contributed by atoms with Crippen molar-refractivity contribution in [2.75, 3.05) is 23.9 Å². The molecule has 1 aliphatic heterocycles. The van der Waals surface area contributed by atoms with Crippen molar-refractivity contribution < 1.29 is 19.1 Å². The number of benzene rings is 3. The zero-order valence-electron chi connectivity index (χ0n) is 21.8. The second-order valence-electron chi connectivity index (χ2n) is 9.68. The van der Waals surface area contributed by atoms with Crippen LogP contribution in [0.3, 0.4) is 0 Å². The van der Waals surface area contributed by atoms with Crippen LogP contribution in [0.25, 0.3) is 21.6 Å². The number of aromatic nitrogens is 3. The molecule has 40 heavy (non-hydrogen) atoms. The topological polar surface area (TPSA) is 102 Å². The molecule has 0 fully saturated rings. The van der Waals surface area contributed by atoms with Gasteiger partial charge in [0.05, 0.1) is 33.2 Å². The second-order valence-corrected chi connectivity index (χ2v) is 10.7. The molecule has 3 aromatic carbocycles. The number of nitrogens with one attached hydrogen (secondary N) is 1. The predicted octanol–water partition coefficient (Wildman–Crippen LogP) is 5.98. The number of nitrogens with zero attached hydrogens (tertiary/aromatic N) is 4. The van der Waals surface area contributed by atoms with E-state index >= 15 is 0 Å². The summed E-state index contributed by atoms with van der Waals surface area (Å²) in [6.45, 7) is 1.73. The highest BCUT2D eigenvalue weighted by Crippen LogP contribution is 2.43. The van der Waals surface area contributed by atoms with Crippen LogP contribution in [0.4, 0.5) is 16.0 Å². The zero-order valence-corrected chi connectivity index (χ0v) is 22.7. The third-order valence-electron chi connectivity index (χ3n) is 6.86. The van der Waals surface area contributed by atoms with Crippen LogP contribution in [0.2, 0.25) is 0 Å². The largest absolute Gasteiger partial charge is 0.503 e. The van der Waals surface area contributed by atoms with Gasteiger partial charge in [-0.3, -0.25) is 14.5 Å². The van der Waals surface area contributed by atoms with Gasteiger partial charge >= 0.3 is 0 Å². The molecule has 3 heterocycles. The molecule has 200 valence electrons.